The van der Waals surface area contributed by atoms with Gasteiger partial charge in [-0.15, -0.1) is 0 Å². The van der Waals surface area contributed by atoms with Crippen molar-refractivity contribution in [3.05, 3.63) is 17.5 Å². The molecule has 1 heterocycles. The van der Waals surface area contributed by atoms with E-state index >= 15 is 0 Å². The van der Waals surface area contributed by atoms with Crippen LogP contribution in [0.5, 0.6) is 0 Å². The highest BCUT2D eigenvalue weighted by Crippen LogP contribution is 2.20. The zero-order valence-electron chi connectivity index (χ0n) is 10.7. The van der Waals surface area contributed by atoms with Gasteiger partial charge in [-0.05, 0) is 25.2 Å². The third-order valence-corrected chi connectivity index (χ3v) is 2.81. The van der Waals surface area contributed by atoms with E-state index in [1.54, 1.807) is 0 Å². The predicted molar refractivity (Wildman–Crippen MR) is 65.8 cm³/mol. The Morgan fingerprint density at radius 2 is 2.29 bits per heavy atom. The Morgan fingerprint density at radius 1 is 1.59 bits per heavy atom. The van der Waals surface area contributed by atoms with E-state index in [-0.39, 0.29) is 17.9 Å². The fraction of sp³-hybridized carbons (Fsp3) is 0.667. The van der Waals surface area contributed by atoms with Crippen molar-refractivity contribution in [2.45, 2.75) is 33.6 Å². The van der Waals surface area contributed by atoms with Crippen molar-refractivity contribution in [3.63, 3.8) is 0 Å². The van der Waals surface area contributed by atoms with Crippen LogP contribution in [0.25, 0.3) is 0 Å². The van der Waals surface area contributed by atoms with Crippen molar-refractivity contribution in [3.8, 4) is 0 Å². The molecule has 0 saturated heterocycles. The van der Waals surface area contributed by atoms with Crippen LogP contribution in [0.15, 0.2) is 6.20 Å². The molecule has 17 heavy (non-hydrogen) atoms. The van der Waals surface area contributed by atoms with Crippen LogP contribution in [0.3, 0.4) is 0 Å². The number of aromatic nitrogens is 2. The molecule has 1 aromatic heterocycles. The molecule has 5 nitrogen and oxygen atoms in total. The minimum Gasteiger partial charge on any atom is -0.396 e. The Hall–Kier alpha value is -1.36. The fourth-order valence-electron chi connectivity index (χ4n) is 1.64. The van der Waals surface area contributed by atoms with Crippen LogP contribution in [0.1, 0.15) is 42.7 Å². The van der Waals surface area contributed by atoms with Crippen LogP contribution in [0.4, 0.5) is 0 Å². The molecule has 0 aromatic carbocycles. The summed E-state index contributed by atoms with van der Waals surface area (Å²) >= 11 is 0. The van der Waals surface area contributed by atoms with Crippen LogP contribution in [-0.2, 0) is 0 Å². The summed E-state index contributed by atoms with van der Waals surface area (Å²) in [6, 6.07) is 0. The molecule has 0 aliphatic heterocycles. The summed E-state index contributed by atoms with van der Waals surface area (Å²) < 4.78 is 0. The van der Waals surface area contributed by atoms with Crippen molar-refractivity contribution in [1.29, 1.82) is 0 Å². The summed E-state index contributed by atoms with van der Waals surface area (Å²) in [5.41, 5.74) is 1.36. The largest absolute Gasteiger partial charge is 0.396 e. The molecule has 0 atom stereocenters. The number of aryl methyl sites for hydroxylation is 1. The van der Waals surface area contributed by atoms with Crippen molar-refractivity contribution in [2.75, 3.05) is 13.2 Å². The van der Waals surface area contributed by atoms with E-state index in [2.05, 4.69) is 29.4 Å². The molecule has 1 rings (SSSR count). The van der Waals surface area contributed by atoms with E-state index < -0.39 is 0 Å². The highest BCUT2D eigenvalue weighted by molar-refractivity contribution is 5.94. The minimum absolute atomic E-state index is 0.00394. The number of carbonyl (C=O) groups is 1. The highest BCUT2D eigenvalue weighted by Gasteiger charge is 2.19. The molecule has 0 aliphatic carbocycles. The van der Waals surface area contributed by atoms with Crippen molar-refractivity contribution < 1.29 is 9.90 Å². The number of H-pyrrole nitrogens is 1. The number of aliphatic hydroxyl groups excluding tert-OH is 1. The SMILES string of the molecule is Cc1[nH]ncc1C(=O)NCC(C)(C)CCCO. The summed E-state index contributed by atoms with van der Waals surface area (Å²) in [7, 11) is 0. The van der Waals surface area contributed by atoms with Gasteiger partial charge in [0.25, 0.3) is 5.91 Å². The average molecular weight is 239 g/mol. The minimum atomic E-state index is -0.103. The normalized spacial score (nSPS) is 11.5. The number of hydrogen-bond acceptors (Lipinski definition) is 3. The zero-order chi connectivity index (χ0) is 12.9. The maximum Gasteiger partial charge on any atom is 0.254 e. The Balaban J connectivity index is 2.45. The van der Waals surface area contributed by atoms with Gasteiger partial charge in [0.2, 0.25) is 0 Å². The number of nitrogens with one attached hydrogen (secondary N) is 2. The van der Waals surface area contributed by atoms with Crippen molar-refractivity contribution in [1.82, 2.24) is 15.5 Å². The molecule has 3 N–H and O–H groups in total. The first-order valence-corrected chi connectivity index (χ1v) is 5.85. The molecular weight excluding hydrogens is 218 g/mol. The van der Waals surface area contributed by atoms with Gasteiger partial charge in [0, 0.05) is 18.8 Å². The third kappa shape index (κ3) is 4.19. The smallest absolute Gasteiger partial charge is 0.254 e. The van der Waals surface area contributed by atoms with Crippen molar-refractivity contribution in [2.24, 2.45) is 5.41 Å². The number of amides is 1. The average Bonchev–Trinajstić information content (AvgIpc) is 2.70. The lowest BCUT2D eigenvalue weighted by Gasteiger charge is -2.24. The molecule has 0 bridgehead atoms. The Morgan fingerprint density at radius 3 is 2.82 bits per heavy atom. The maximum absolute atomic E-state index is 11.8. The molecule has 1 aromatic rings. The number of aliphatic hydroxyl groups is 1. The molecule has 96 valence electrons. The molecule has 0 saturated carbocycles. The predicted octanol–water partition coefficient (Wildman–Crippen LogP) is 1.25. The molecule has 5 heteroatoms. The summed E-state index contributed by atoms with van der Waals surface area (Å²) in [5, 5.41) is 18.2. The second kappa shape index (κ2) is 5.82. The highest BCUT2D eigenvalue weighted by atomic mass is 16.2. The Bertz CT molecular complexity index is 372. The van der Waals surface area contributed by atoms with Crippen LogP contribution in [0.2, 0.25) is 0 Å². The van der Waals surface area contributed by atoms with E-state index in [4.69, 9.17) is 5.11 Å². The summed E-state index contributed by atoms with van der Waals surface area (Å²) in [4.78, 5) is 11.8. The van der Waals surface area contributed by atoms with Crippen LogP contribution < -0.4 is 5.32 Å². The van der Waals surface area contributed by atoms with E-state index in [9.17, 15) is 4.79 Å². The first-order chi connectivity index (χ1) is 7.96. The Labute approximate surface area is 102 Å². The van der Waals surface area contributed by atoms with Gasteiger partial charge in [-0.1, -0.05) is 13.8 Å². The molecule has 0 aliphatic rings. The number of nitrogens with zero attached hydrogens (tertiary/aromatic N) is 1. The van der Waals surface area contributed by atoms with Crippen LogP contribution >= 0.6 is 0 Å². The lowest BCUT2D eigenvalue weighted by Crippen LogP contribution is -2.34. The third-order valence-electron chi connectivity index (χ3n) is 2.81. The second-order valence-corrected chi connectivity index (χ2v) is 5.08. The summed E-state index contributed by atoms with van der Waals surface area (Å²) in [6.45, 7) is 6.75. The standard InChI is InChI=1S/C12H21N3O2/c1-9-10(7-14-15-9)11(17)13-8-12(2,3)5-4-6-16/h7,16H,4-6,8H2,1-3H3,(H,13,17)(H,14,15). The van der Waals surface area contributed by atoms with Crippen molar-refractivity contribution >= 4 is 5.91 Å². The molecular formula is C12H21N3O2. The van der Waals surface area contributed by atoms with E-state index in [0.29, 0.717) is 12.1 Å². The van der Waals surface area contributed by atoms with Crippen LogP contribution in [0, 0.1) is 12.3 Å². The fourth-order valence-corrected chi connectivity index (χ4v) is 1.64. The first-order valence-electron chi connectivity index (χ1n) is 5.85. The van der Waals surface area contributed by atoms with E-state index in [1.165, 1.54) is 6.20 Å². The van der Waals surface area contributed by atoms with Gasteiger partial charge in [-0.25, -0.2) is 0 Å². The van der Waals surface area contributed by atoms with Gasteiger partial charge in [-0.3, -0.25) is 9.89 Å². The summed E-state index contributed by atoms with van der Waals surface area (Å²) in [6.07, 6.45) is 3.17. The van der Waals surface area contributed by atoms with Gasteiger partial charge < -0.3 is 10.4 Å². The van der Waals surface area contributed by atoms with Gasteiger partial charge in [0.15, 0.2) is 0 Å². The number of carbonyl (C=O) groups excluding carboxylic acids is 1. The second-order valence-electron chi connectivity index (χ2n) is 5.08. The lowest BCUT2D eigenvalue weighted by molar-refractivity contribution is 0.0932. The lowest BCUT2D eigenvalue weighted by atomic mass is 9.88. The molecule has 0 spiro atoms. The van der Waals surface area contributed by atoms with Crippen LogP contribution in [-0.4, -0.2) is 34.4 Å². The number of aromatic amines is 1. The summed E-state index contributed by atoms with van der Waals surface area (Å²) in [5.74, 6) is -0.103. The molecule has 0 fully saturated rings. The quantitative estimate of drug-likeness (QED) is 0.699. The first kappa shape index (κ1) is 13.7. The zero-order valence-corrected chi connectivity index (χ0v) is 10.7. The van der Waals surface area contributed by atoms with Gasteiger partial charge in [0.1, 0.15) is 0 Å². The molecule has 1 amide bonds. The Kier molecular flexibility index (Phi) is 4.69. The monoisotopic (exact) mass is 239 g/mol. The number of rotatable bonds is 6. The van der Waals surface area contributed by atoms with Gasteiger partial charge in [-0.2, -0.15) is 5.10 Å². The molecule has 0 radical (unpaired) electrons. The van der Waals surface area contributed by atoms with E-state index in [1.807, 2.05) is 6.92 Å². The maximum atomic E-state index is 11.8. The van der Waals surface area contributed by atoms with Gasteiger partial charge >= 0.3 is 0 Å². The number of hydrogen-bond donors (Lipinski definition) is 3. The molecule has 0 unspecified atom stereocenters. The van der Waals surface area contributed by atoms with E-state index in [0.717, 1.165) is 18.5 Å². The van der Waals surface area contributed by atoms with Gasteiger partial charge in [0.05, 0.1) is 11.8 Å². The topological polar surface area (TPSA) is 78.0 Å².